The summed E-state index contributed by atoms with van der Waals surface area (Å²) in [5.41, 5.74) is 0. The quantitative estimate of drug-likeness (QED) is 0.703. The van der Waals surface area contributed by atoms with Gasteiger partial charge in [0.25, 0.3) is 0 Å². The van der Waals surface area contributed by atoms with Crippen LogP contribution < -0.4 is 5.32 Å². The van der Waals surface area contributed by atoms with Gasteiger partial charge in [0.1, 0.15) is 0 Å². The number of carboxylic acids is 1. The van der Waals surface area contributed by atoms with Crippen molar-refractivity contribution in [1.82, 2.24) is 10.2 Å². The molecule has 0 spiro atoms. The molecule has 1 heterocycles. The summed E-state index contributed by atoms with van der Waals surface area (Å²) in [6.07, 6.45) is 3.47. The fourth-order valence-electron chi connectivity index (χ4n) is 2.32. The van der Waals surface area contributed by atoms with E-state index in [9.17, 15) is 9.59 Å². The zero-order valence-electron chi connectivity index (χ0n) is 10.6. The molecule has 5 nitrogen and oxygen atoms in total. The highest BCUT2D eigenvalue weighted by Crippen LogP contribution is 2.21. The molecule has 1 rings (SSSR count). The molecule has 98 valence electrons. The molecule has 2 N–H and O–H groups in total. The van der Waals surface area contributed by atoms with Crippen molar-refractivity contribution < 1.29 is 14.7 Å². The van der Waals surface area contributed by atoms with Gasteiger partial charge in [0.15, 0.2) is 0 Å². The summed E-state index contributed by atoms with van der Waals surface area (Å²) >= 11 is 0. The Morgan fingerprint density at radius 1 is 1.29 bits per heavy atom. The monoisotopic (exact) mass is 244 g/mol. The molecule has 1 aliphatic heterocycles. The second-order valence-electron chi connectivity index (χ2n) is 4.79. The number of hydrogen-bond donors (Lipinski definition) is 2. The minimum absolute atomic E-state index is 0.0170. The second kappa shape index (κ2) is 6.59. The Morgan fingerprint density at radius 2 is 1.88 bits per heavy atom. The van der Waals surface area contributed by atoms with Crippen molar-refractivity contribution in [2.75, 3.05) is 13.1 Å². The minimum atomic E-state index is -0.884. The van der Waals surface area contributed by atoms with Gasteiger partial charge in [-0.2, -0.15) is 0 Å². The molecule has 1 saturated heterocycles. The van der Waals surface area contributed by atoms with E-state index in [-0.39, 0.29) is 18.9 Å². The predicted octanol–water partition coefficient (Wildman–Crippen LogP) is 0.840. The summed E-state index contributed by atoms with van der Waals surface area (Å²) < 4.78 is 0. The van der Waals surface area contributed by atoms with E-state index < -0.39 is 5.97 Å². The number of aliphatic carboxylic acids is 1. The molecular weight excluding hydrogens is 222 g/mol. The van der Waals surface area contributed by atoms with Crippen LogP contribution in [0.25, 0.3) is 0 Å². The largest absolute Gasteiger partial charge is 0.481 e. The third-order valence-corrected chi connectivity index (χ3v) is 3.36. The lowest BCUT2D eigenvalue weighted by Gasteiger charge is -2.38. The number of amides is 1. The van der Waals surface area contributed by atoms with Crippen LogP contribution in [0.15, 0.2) is 0 Å². The molecule has 1 aliphatic rings. The van der Waals surface area contributed by atoms with Gasteiger partial charge in [-0.3, -0.25) is 14.5 Å². The lowest BCUT2D eigenvalue weighted by Crippen LogP contribution is -2.48. The lowest BCUT2D eigenvalue weighted by atomic mass is 9.99. The molecule has 2 atom stereocenters. The van der Waals surface area contributed by atoms with Crippen molar-refractivity contribution in [1.29, 1.82) is 0 Å². The third kappa shape index (κ3) is 4.73. The summed E-state index contributed by atoms with van der Waals surface area (Å²) in [4.78, 5) is 24.1. The van der Waals surface area contributed by atoms with Gasteiger partial charge in [-0.1, -0.05) is 6.42 Å². The van der Waals surface area contributed by atoms with E-state index in [1.807, 2.05) is 0 Å². The number of carbonyl (C=O) groups excluding carboxylic acids is 1. The highest BCUT2D eigenvalue weighted by molar-refractivity contribution is 5.78. The average Bonchev–Trinajstić information content (AvgIpc) is 2.23. The van der Waals surface area contributed by atoms with Gasteiger partial charge in [0, 0.05) is 18.6 Å². The van der Waals surface area contributed by atoms with E-state index in [0.29, 0.717) is 18.6 Å². The van der Waals surface area contributed by atoms with E-state index in [4.69, 9.17) is 5.11 Å². The standard InChI is InChI=1S/C12H22N2O3/c1-9-4-3-5-10(2)14(9)8-11(15)13-7-6-12(16)17/h9-10H,3-8H2,1-2H3,(H,13,15)(H,16,17)/i8+1,11+1. The average molecular weight is 244 g/mol. The van der Waals surface area contributed by atoms with E-state index >= 15 is 0 Å². The Balaban J connectivity index is 2.31. The van der Waals surface area contributed by atoms with Gasteiger partial charge in [0.05, 0.1) is 13.0 Å². The Bertz CT molecular complexity index is 271. The van der Waals surface area contributed by atoms with Gasteiger partial charge in [-0.25, -0.2) is 0 Å². The van der Waals surface area contributed by atoms with Crippen LogP contribution in [0.1, 0.15) is 39.5 Å². The fourth-order valence-corrected chi connectivity index (χ4v) is 2.32. The number of carbonyl (C=O) groups is 2. The van der Waals surface area contributed by atoms with Crippen molar-refractivity contribution in [2.24, 2.45) is 0 Å². The first kappa shape index (κ1) is 14.0. The van der Waals surface area contributed by atoms with Crippen molar-refractivity contribution in [2.45, 2.75) is 51.6 Å². The smallest absolute Gasteiger partial charge is 0.305 e. The molecule has 1 amide bonds. The van der Waals surface area contributed by atoms with Gasteiger partial charge in [0.2, 0.25) is 5.91 Å². The Kier molecular flexibility index (Phi) is 5.41. The number of piperidine rings is 1. The maximum absolute atomic E-state index is 11.6. The van der Waals surface area contributed by atoms with Crippen molar-refractivity contribution >= 4 is 11.9 Å². The maximum Gasteiger partial charge on any atom is 0.305 e. The van der Waals surface area contributed by atoms with Crippen LogP contribution in [-0.4, -0.2) is 47.1 Å². The summed E-state index contributed by atoms with van der Waals surface area (Å²) in [5, 5.41) is 11.1. The van der Waals surface area contributed by atoms with Gasteiger partial charge >= 0.3 is 5.97 Å². The van der Waals surface area contributed by atoms with Crippen LogP contribution in [0, 0.1) is 0 Å². The normalized spacial score (nSPS) is 25.5. The summed E-state index contributed by atoms with van der Waals surface area (Å²) in [5.74, 6) is -0.961. The van der Waals surface area contributed by atoms with Gasteiger partial charge in [-0.05, 0) is 26.7 Å². The number of hydrogen-bond acceptors (Lipinski definition) is 3. The zero-order valence-corrected chi connectivity index (χ0v) is 10.6. The molecule has 0 aromatic rings. The molecule has 0 aromatic heterocycles. The Morgan fingerprint density at radius 3 is 2.41 bits per heavy atom. The highest BCUT2D eigenvalue weighted by Gasteiger charge is 2.26. The fraction of sp³-hybridized carbons (Fsp3) is 0.833. The predicted molar refractivity (Wildman–Crippen MR) is 64.7 cm³/mol. The molecule has 0 saturated carbocycles. The van der Waals surface area contributed by atoms with Crippen LogP contribution in [-0.2, 0) is 9.59 Å². The molecule has 5 heteroatoms. The molecule has 0 radical (unpaired) electrons. The first-order chi connectivity index (χ1) is 8.00. The van der Waals surface area contributed by atoms with Crippen molar-refractivity contribution in [3.05, 3.63) is 0 Å². The Labute approximate surface area is 102 Å². The summed E-state index contributed by atoms with van der Waals surface area (Å²) in [6, 6.07) is 0.868. The first-order valence-corrected chi connectivity index (χ1v) is 6.25. The molecule has 0 aliphatic carbocycles. The summed E-state index contributed by atoms with van der Waals surface area (Å²) in [6.45, 7) is 4.87. The van der Waals surface area contributed by atoms with Crippen LogP contribution in [0.2, 0.25) is 0 Å². The number of carboxylic acid groups (broad SMARTS) is 1. The topological polar surface area (TPSA) is 69.6 Å². The van der Waals surface area contributed by atoms with Crippen LogP contribution in [0.4, 0.5) is 0 Å². The van der Waals surface area contributed by atoms with E-state index in [1.165, 1.54) is 6.42 Å². The first-order valence-electron chi connectivity index (χ1n) is 6.25. The maximum atomic E-state index is 11.6. The third-order valence-electron chi connectivity index (χ3n) is 3.36. The van der Waals surface area contributed by atoms with Crippen LogP contribution in [0.3, 0.4) is 0 Å². The van der Waals surface area contributed by atoms with Crippen molar-refractivity contribution in [3.63, 3.8) is 0 Å². The number of nitrogens with zero attached hydrogens (tertiary/aromatic N) is 1. The lowest BCUT2D eigenvalue weighted by molar-refractivity contribution is -0.137. The Hall–Kier alpha value is -1.10. The number of nitrogens with one attached hydrogen (secondary N) is 1. The SMILES string of the molecule is CC1CCCC(C)N1[13CH2][13C](=O)NCCC(=O)O. The van der Waals surface area contributed by atoms with Gasteiger partial charge in [-0.15, -0.1) is 0 Å². The van der Waals surface area contributed by atoms with Gasteiger partial charge < -0.3 is 10.4 Å². The molecule has 1 fully saturated rings. The molecule has 0 aromatic carbocycles. The highest BCUT2D eigenvalue weighted by atomic mass is 16.4. The number of likely N-dealkylation sites (tertiary alicyclic amines) is 1. The number of rotatable bonds is 5. The summed E-state index contributed by atoms with van der Waals surface area (Å²) in [7, 11) is 0. The van der Waals surface area contributed by atoms with Crippen LogP contribution in [0.5, 0.6) is 0 Å². The van der Waals surface area contributed by atoms with E-state index in [2.05, 4.69) is 24.1 Å². The van der Waals surface area contributed by atoms with E-state index in [0.717, 1.165) is 12.8 Å². The van der Waals surface area contributed by atoms with E-state index in [1.54, 1.807) is 0 Å². The molecule has 0 bridgehead atoms. The molecule has 17 heavy (non-hydrogen) atoms. The molecular formula is C12H22N2O3. The van der Waals surface area contributed by atoms with Crippen molar-refractivity contribution in [3.8, 4) is 0 Å². The zero-order chi connectivity index (χ0) is 12.8. The minimum Gasteiger partial charge on any atom is -0.481 e. The second-order valence-corrected chi connectivity index (χ2v) is 4.79. The molecule has 2 unspecified atom stereocenters. The van der Waals surface area contributed by atoms with Crippen LogP contribution >= 0.6 is 0 Å².